The molecule has 0 aliphatic carbocycles. The molecular weight excluding hydrogens is 432 g/mol. The fourth-order valence-corrected chi connectivity index (χ4v) is 4.03. The van der Waals surface area contributed by atoms with E-state index in [1.54, 1.807) is 49.4 Å². The summed E-state index contributed by atoms with van der Waals surface area (Å²) in [6.45, 7) is 2.15. The number of nitrogens with one attached hydrogen (secondary N) is 2. The summed E-state index contributed by atoms with van der Waals surface area (Å²) in [5.74, 6) is 0.841. The third kappa shape index (κ3) is 5.30. The Morgan fingerprint density at radius 3 is 2.22 bits per heavy atom. The number of anilines is 2. The number of carbonyl (C=O) groups excluding carboxylic acids is 1. The molecule has 3 aromatic rings. The molecule has 0 radical (unpaired) electrons. The predicted octanol–water partition coefficient (Wildman–Crippen LogP) is 4.16. The van der Waals surface area contributed by atoms with Gasteiger partial charge in [0, 0.05) is 11.6 Å². The lowest BCUT2D eigenvalue weighted by atomic mass is 10.2. The van der Waals surface area contributed by atoms with Crippen molar-refractivity contribution in [2.75, 3.05) is 30.9 Å². The van der Waals surface area contributed by atoms with Crippen molar-refractivity contribution in [1.82, 2.24) is 0 Å². The van der Waals surface area contributed by atoms with Gasteiger partial charge in [-0.2, -0.15) is 0 Å². The molecule has 168 valence electrons. The Kier molecular flexibility index (Phi) is 7.21. The Labute approximate surface area is 187 Å². The smallest absolute Gasteiger partial charge is 0.261 e. The van der Waals surface area contributed by atoms with Gasteiger partial charge in [0.15, 0.2) is 11.5 Å². The van der Waals surface area contributed by atoms with Gasteiger partial charge in [0.2, 0.25) is 0 Å². The highest BCUT2D eigenvalue weighted by atomic mass is 32.2. The molecule has 0 saturated heterocycles. The average Bonchev–Trinajstić information content (AvgIpc) is 2.80. The number of benzene rings is 3. The van der Waals surface area contributed by atoms with E-state index in [0.29, 0.717) is 35.1 Å². The first kappa shape index (κ1) is 23.0. The highest BCUT2D eigenvalue weighted by Crippen LogP contribution is 2.32. The van der Waals surface area contributed by atoms with E-state index in [4.69, 9.17) is 14.2 Å². The Balaban J connectivity index is 1.91. The van der Waals surface area contributed by atoms with Crippen molar-refractivity contribution in [3.8, 4) is 17.2 Å². The molecule has 0 atom stereocenters. The summed E-state index contributed by atoms with van der Waals surface area (Å²) in [6.07, 6.45) is 0. The largest absolute Gasteiger partial charge is 0.493 e. The number of hydrogen-bond acceptors (Lipinski definition) is 6. The lowest BCUT2D eigenvalue weighted by molar-refractivity contribution is 0.102. The predicted molar refractivity (Wildman–Crippen MR) is 122 cm³/mol. The number of carbonyl (C=O) groups is 1. The van der Waals surface area contributed by atoms with Gasteiger partial charge in [-0.25, -0.2) is 8.42 Å². The first-order valence-corrected chi connectivity index (χ1v) is 11.2. The van der Waals surface area contributed by atoms with Crippen LogP contribution in [0.25, 0.3) is 0 Å². The Bertz CT molecular complexity index is 1200. The van der Waals surface area contributed by atoms with E-state index in [1.165, 1.54) is 38.5 Å². The second-order valence-corrected chi connectivity index (χ2v) is 8.27. The summed E-state index contributed by atoms with van der Waals surface area (Å²) in [5, 5.41) is 2.73. The second-order valence-electron chi connectivity index (χ2n) is 6.59. The van der Waals surface area contributed by atoms with Crippen molar-refractivity contribution in [2.24, 2.45) is 0 Å². The zero-order chi connectivity index (χ0) is 23.1. The third-order valence-electron chi connectivity index (χ3n) is 4.48. The van der Waals surface area contributed by atoms with E-state index in [1.807, 2.05) is 0 Å². The van der Waals surface area contributed by atoms with Crippen LogP contribution >= 0.6 is 0 Å². The Morgan fingerprint density at radius 2 is 1.56 bits per heavy atom. The van der Waals surface area contributed by atoms with Crippen LogP contribution in [-0.2, 0) is 10.0 Å². The molecule has 32 heavy (non-hydrogen) atoms. The van der Waals surface area contributed by atoms with E-state index < -0.39 is 10.0 Å². The number of ether oxygens (including phenoxy) is 3. The van der Waals surface area contributed by atoms with E-state index in [-0.39, 0.29) is 16.5 Å². The van der Waals surface area contributed by atoms with Crippen LogP contribution in [0.5, 0.6) is 17.2 Å². The standard InChI is InChI=1S/C23H24N2O6S/c1-4-31-20-13-11-18(15-19(20)24-23(26)16-8-6-5-7-9-16)32(27,28)25-17-10-12-21(29-2)22(14-17)30-3/h5-15,25H,4H2,1-3H3,(H,24,26). The topological polar surface area (TPSA) is 103 Å². The minimum atomic E-state index is -3.97. The van der Waals surface area contributed by atoms with Crippen LogP contribution in [0, 0.1) is 0 Å². The van der Waals surface area contributed by atoms with Gasteiger partial charge in [-0.3, -0.25) is 9.52 Å². The number of sulfonamides is 1. The van der Waals surface area contributed by atoms with Crippen molar-refractivity contribution < 1.29 is 27.4 Å². The van der Waals surface area contributed by atoms with Crippen LogP contribution in [0.3, 0.4) is 0 Å². The van der Waals surface area contributed by atoms with Crippen LogP contribution in [0.4, 0.5) is 11.4 Å². The molecule has 3 rings (SSSR count). The number of hydrogen-bond donors (Lipinski definition) is 2. The first-order valence-electron chi connectivity index (χ1n) is 9.76. The fraction of sp³-hybridized carbons (Fsp3) is 0.174. The summed E-state index contributed by atoms with van der Waals surface area (Å²) >= 11 is 0. The maximum absolute atomic E-state index is 13.0. The summed E-state index contributed by atoms with van der Waals surface area (Å²) in [4.78, 5) is 12.6. The van der Waals surface area contributed by atoms with Crippen LogP contribution in [-0.4, -0.2) is 35.2 Å². The van der Waals surface area contributed by atoms with Crippen LogP contribution in [0.2, 0.25) is 0 Å². The van der Waals surface area contributed by atoms with Crippen molar-refractivity contribution in [2.45, 2.75) is 11.8 Å². The minimum Gasteiger partial charge on any atom is -0.493 e. The third-order valence-corrected chi connectivity index (χ3v) is 5.86. The quantitative estimate of drug-likeness (QED) is 0.501. The van der Waals surface area contributed by atoms with E-state index in [2.05, 4.69) is 10.0 Å². The van der Waals surface area contributed by atoms with Crippen LogP contribution in [0.1, 0.15) is 17.3 Å². The summed E-state index contributed by atoms with van der Waals surface area (Å²) in [6, 6.07) is 17.6. The Hall–Kier alpha value is -3.72. The molecule has 8 nitrogen and oxygen atoms in total. The normalized spacial score (nSPS) is 10.8. The fourth-order valence-electron chi connectivity index (χ4n) is 2.95. The number of rotatable bonds is 9. The molecule has 0 saturated carbocycles. The first-order chi connectivity index (χ1) is 15.4. The van der Waals surface area contributed by atoms with Crippen molar-refractivity contribution in [1.29, 1.82) is 0 Å². The molecule has 2 N–H and O–H groups in total. The van der Waals surface area contributed by atoms with E-state index in [9.17, 15) is 13.2 Å². The van der Waals surface area contributed by atoms with Gasteiger partial charge in [0.1, 0.15) is 5.75 Å². The lowest BCUT2D eigenvalue weighted by Crippen LogP contribution is -2.16. The van der Waals surface area contributed by atoms with Crippen molar-refractivity contribution >= 4 is 27.3 Å². The molecule has 3 aromatic carbocycles. The molecule has 0 aliphatic rings. The molecule has 0 fully saturated rings. The molecular formula is C23H24N2O6S. The van der Waals surface area contributed by atoms with Crippen LogP contribution < -0.4 is 24.2 Å². The molecule has 1 amide bonds. The van der Waals surface area contributed by atoms with Gasteiger partial charge in [0.25, 0.3) is 15.9 Å². The zero-order valence-corrected chi connectivity index (χ0v) is 18.7. The molecule has 0 bridgehead atoms. The molecule has 0 aromatic heterocycles. The van der Waals surface area contributed by atoms with Crippen molar-refractivity contribution in [3.05, 3.63) is 72.3 Å². The van der Waals surface area contributed by atoms with Gasteiger partial charge in [-0.05, 0) is 49.4 Å². The van der Waals surface area contributed by atoms with E-state index in [0.717, 1.165) is 0 Å². The number of methoxy groups -OCH3 is 2. The minimum absolute atomic E-state index is 0.0425. The monoisotopic (exact) mass is 456 g/mol. The lowest BCUT2D eigenvalue weighted by Gasteiger charge is -2.15. The van der Waals surface area contributed by atoms with Gasteiger partial charge >= 0.3 is 0 Å². The summed E-state index contributed by atoms with van der Waals surface area (Å²) in [7, 11) is -1.01. The van der Waals surface area contributed by atoms with Crippen molar-refractivity contribution in [3.63, 3.8) is 0 Å². The van der Waals surface area contributed by atoms with Gasteiger partial charge < -0.3 is 19.5 Å². The molecule has 0 spiro atoms. The van der Waals surface area contributed by atoms with Gasteiger partial charge in [-0.1, -0.05) is 18.2 Å². The molecule has 0 unspecified atom stereocenters. The SMILES string of the molecule is CCOc1ccc(S(=O)(=O)Nc2ccc(OC)c(OC)c2)cc1NC(=O)c1ccccc1. The Morgan fingerprint density at radius 1 is 0.875 bits per heavy atom. The summed E-state index contributed by atoms with van der Waals surface area (Å²) in [5.41, 5.74) is 0.981. The highest BCUT2D eigenvalue weighted by molar-refractivity contribution is 7.92. The summed E-state index contributed by atoms with van der Waals surface area (Å²) < 4.78 is 44.5. The second kappa shape index (κ2) is 10.1. The average molecular weight is 457 g/mol. The van der Waals surface area contributed by atoms with Gasteiger partial charge in [0.05, 0.1) is 37.1 Å². The number of amides is 1. The van der Waals surface area contributed by atoms with Crippen LogP contribution in [0.15, 0.2) is 71.6 Å². The molecule has 9 heteroatoms. The molecule has 0 aliphatic heterocycles. The zero-order valence-electron chi connectivity index (χ0n) is 17.9. The highest BCUT2D eigenvalue weighted by Gasteiger charge is 2.19. The van der Waals surface area contributed by atoms with Gasteiger partial charge in [-0.15, -0.1) is 0 Å². The maximum atomic E-state index is 13.0. The molecule has 0 heterocycles. The van der Waals surface area contributed by atoms with E-state index >= 15 is 0 Å². The maximum Gasteiger partial charge on any atom is 0.261 e.